The molecule has 0 atom stereocenters. The van der Waals surface area contributed by atoms with Crippen molar-refractivity contribution >= 4 is 17.5 Å². The summed E-state index contributed by atoms with van der Waals surface area (Å²) in [6.45, 7) is 5.98. The summed E-state index contributed by atoms with van der Waals surface area (Å²) in [5.41, 5.74) is 4.57. The van der Waals surface area contributed by atoms with Crippen LogP contribution in [-0.4, -0.2) is 11.8 Å². The van der Waals surface area contributed by atoms with Crippen LogP contribution in [0.5, 0.6) is 0 Å². The van der Waals surface area contributed by atoms with Gasteiger partial charge in [0.25, 0.3) is 5.91 Å². The summed E-state index contributed by atoms with van der Waals surface area (Å²) in [6.07, 6.45) is 0. The minimum Gasteiger partial charge on any atom is -0.348 e. The quantitative estimate of drug-likeness (QED) is 0.910. The third-order valence-corrected chi connectivity index (χ3v) is 3.39. The zero-order valence-corrected chi connectivity index (χ0v) is 13.1. The Morgan fingerprint density at radius 1 is 1.05 bits per heavy atom. The van der Waals surface area contributed by atoms with Crippen molar-refractivity contribution in [1.82, 2.24) is 5.32 Å². The van der Waals surface area contributed by atoms with Crippen molar-refractivity contribution in [3.63, 3.8) is 0 Å². The summed E-state index contributed by atoms with van der Waals surface area (Å²) in [4.78, 5) is 23.3. The number of carbonyl (C=O) groups is 2. The van der Waals surface area contributed by atoms with Crippen molar-refractivity contribution in [3.8, 4) is 0 Å². The van der Waals surface area contributed by atoms with E-state index in [-0.39, 0.29) is 11.8 Å². The van der Waals surface area contributed by atoms with Crippen molar-refractivity contribution in [2.24, 2.45) is 0 Å². The van der Waals surface area contributed by atoms with E-state index in [0.717, 1.165) is 11.1 Å². The van der Waals surface area contributed by atoms with Crippen LogP contribution in [-0.2, 0) is 11.3 Å². The molecule has 4 heteroatoms. The van der Waals surface area contributed by atoms with Gasteiger partial charge in [0.2, 0.25) is 5.91 Å². The highest BCUT2D eigenvalue weighted by Gasteiger charge is 2.07. The molecule has 2 aromatic rings. The maximum atomic E-state index is 12.2. The minimum atomic E-state index is -0.159. The molecule has 0 aliphatic carbocycles. The number of aryl methyl sites for hydroxylation is 2. The van der Waals surface area contributed by atoms with Crippen LogP contribution in [0.4, 0.5) is 5.69 Å². The lowest BCUT2D eigenvalue weighted by molar-refractivity contribution is -0.114. The van der Waals surface area contributed by atoms with Crippen molar-refractivity contribution < 1.29 is 9.59 Å². The summed E-state index contributed by atoms with van der Waals surface area (Å²) in [5.74, 6) is -0.318. The van der Waals surface area contributed by atoms with Crippen LogP contribution in [0.2, 0.25) is 0 Å². The second-order valence-corrected chi connectivity index (χ2v) is 5.37. The van der Waals surface area contributed by atoms with Crippen LogP contribution in [0.15, 0.2) is 42.5 Å². The molecule has 2 amide bonds. The Morgan fingerprint density at radius 3 is 2.55 bits per heavy atom. The van der Waals surface area contributed by atoms with Gasteiger partial charge in [-0.2, -0.15) is 0 Å². The van der Waals surface area contributed by atoms with Crippen molar-refractivity contribution in [2.75, 3.05) is 5.32 Å². The number of nitrogens with one attached hydrogen (secondary N) is 2. The van der Waals surface area contributed by atoms with E-state index < -0.39 is 0 Å². The van der Waals surface area contributed by atoms with Gasteiger partial charge in [0.05, 0.1) is 0 Å². The molecule has 0 aromatic heterocycles. The van der Waals surface area contributed by atoms with E-state index in [1.54, 1.807) is 24.3 Å². The first-order valence-electron chi connectivity index (χ1n) is 7.17. The van der Waals surface area contributed by atoms with Gasteiger partial charge in [-0.25, -0.2) is 0 Å². The van der Waals surface area contributed by atoms with E-state index in [1.807, 2.05) is 19.9 Å². The number of rotatable bonds is 4. The summed E-state index contributed by atoms with van der Waals surface area (Å²) >= 11 is 0. The molecule has 22 heavy (non-hydrogen) atoms. The highest BCUT2D eigenvalue weighted by Crippen LogP contribution is 2.13. The lowest BCUT2D eigenvalue weighted by Crippen LogP contribution is -2.23. The van der Waals surface area contributed by atoms with Gasteiger partial charge in [-0.3, -0.25) is 9.59 Å². The van der Waals surface area contributed by atoms with Crippen LogP contribution in [0, 0.1) is 13.8 Å². The van der Waals surface area contributed by atoms with E-state index in [0.29, 0.717) is 17.8 Å². The van der Waals surface area contributed by atoms with Gasteiger partial charge in [-0.15, -0.1) is 0 Å². The first kappa shape index (κ1) is 15.8. The highest BCUT2D eigenvalue weighted by atomic mass is 16.2. The SMILES string of the molecule is CC(=O)Nc1cccc(C(=O)NCc2cc(C)ccc2C)c1. The summed E-state index contributed by atoms with van der Waals surface area (Å²) in [6, 6.07) is 13.1. The second-order valence-electron chi connectivity index (χ2n) is 5.37. The summed E-state index contributed by atoms with van der Waals surface area (Å²) in [7, 11) is 0. The highest BCUT2D eigenvalue weighted by molar-refractivity contribution is 5.96. The smallest absolute Gasteiger partial charge is 0.251 e. The molecule has 0 heterocycles. The predicted octanol–water partition coefficient (Wildman–Crippen LogP) is 3.19. The van der Waals surface area contributed by atoms with E-state index in [4.69, 9.17) is 0 Å². The topological polar surface area (TPSA) is 58.2 Å². The van der Waals surface area contributed by atoms with Gasteiger partial charge < -0.3 is 10.6 Å². The molecule has 2 aromatic carbocycles. The average molecular weight is 296 g/mol. The second kappa shape index (κ2) is 6.89. The lowest BCUT2D eigenvalue weighted by atomic mass is 10.1. The molecule has 0 aliphatic heterocycles. The molecular formula is C18H20N2O2. The largest absolute Gasteiger partial charge is 0.348 e. The first-order chi connectivity index (χ1) is 10.5. The predicted molar refractivity (Wildman–Crippen MR) is 87.8 cm³/mol. The number of hydrogen-bond acceptors (Lipinski definition) is 2. The van der Waals surface area contributed by atoms with Gasteiger partial charge >= 0.3 is 0 Å². The Hall–Kier alpha value is -2.62. The van der Waals surface area contributed by atoms with E-state index in [2.05, 4.69) is 22.8 Å². The van der Waals surface area contributed by atoms with Gasteiger partial charge in [0.15, 0.2) is 0 Å². The van der Waals surface area contributed by atoms with E-state index >= 15 is 0 Å². The first-order valence-corrected chi connectivity index (χ1v) is 7.17. The Balaban J connectivity index is 2.06. The minimum absolute atomic E-state index is 0.159. The van der Waals surface area contributed by atoms with E-state index in [1.165, 1.54) is 12.5 Å². The number of amides is 2. The number of anilines is 1. The fraction of sp³-hybridized carbons (Fsp3) is 0.222. The van der Waals surface area contributed by atoms with Crippen LogP contribution in [0.25, 0.3) is 0 Å². The van der Waals surface area contributed by atoms with Gasteiger partial charge in [-0.05, 0) is 43.2 Å². The molecule has 0 saturated carbocycles. The molecule has 0 saturated heterocycles. The molecule has 0 unspecified atom stereocenters. The normalized spacial score (nSPS) is 10.1. The van der Waals surface area contributed by atoms with Crippen LogP contribution >= 0.6 is 0 Å². The Labute approximate surface area is 130 Å². The van der Waals surface area contributed by atoms with Crippen molar-refractivity contribution in [1.29, 1.82) is 0 Å². The third-order valence-electron chi connectivity index (χ3n) is 3.39. The van der Waals surface area contributed by atoms with Crippen molar-refractivity contribution in [2.45, 2.75) is 27.3 Å². The number of hydrogen-bond donors (Lipinski definition) is 2. The van der Waals surface area contributed by atoms with Gasteiger partial charge in [0, 0.05) is 24.7 Å². The molecule has 114 valence electrons. The maximum absolute atomic E-state index is 12.2. The summed E-state index contributed by atoms with van der Waals surface area (Å²) < 4.78 is 0. The molecule has 0 spiro atoms. The van der Waals surface area contributed by atoms with E-state index in [9.17, 15) is 9.59 Å². The summed E-state index contributed by atoms with van der Waals surface area (Å²) in [5, 5.41) is 5.58. The Morgan fingerprint density at radius 2 is 1.82 bits per heavy atom. The zero-order valence-electron chi connectivity index (χ0n) is 13.1. The van der Waals surface area contributed by atoms with Crippen LogP contribution in [0.3, 0.4) is 0 Å². The lowest BCUT2D eigenvalue weighted by Gasteiger charge is -2.10. The molecule has 2 rings (SSSR count). The fourth-order valence-electron chi connectivity index (χ4n) is 2.21. The van der Waals surface area contributed by atoms with Gasteiger partial charge in [-0.1, -0.05) is 29.8 Å². The van der Waals surface area contributed by atoms with Crippen LogP contribution in [0.1, 0.15) is 34.0 Å². The maximum Gasteiger partial charge on any atom is 0.251 e. The number of benzene rings is 2. The molecule has 0 bridgehead atoms. The molecule has 0 radical (unpaired) electrons. The molecule has 0 aliphatic rings. The monoisotopic (exact) mass is 296 g/mol. The molecule has 4 nitrogen and oxygen atoms in total. The third kappa shape index (κ3) is 4.19. The Kier molecular flexibility index (Phi) is 4.94. The zero-order chi connectivity index (χ0) is 16.1. The van der Waals surface area contributed by atoms with Gasteiger partial charge in [0.1, 0.15) is 0 Å². The molecule has 0 fully saturated rings. The Bertz CT molecular complexity index is 708. The molecular weight excluding hydrogens is 276 g/mol. The van der Waals surface area contributed by atoms with Crippen LogP contribution < -0.4 is 10.6 Å². The average Bonchev–Trinajstić information content (AvgIpc) is 2.47. The number of carbonyl (C=O) groups excluding carboxylic acids is 2. The molecule has 2 N–H and O–H groups in total. The fourth-order valence-corrected chi connectivity index (χ4v) is 2.21. The van der Waals surface area contributed by atoms with Crippen molar-refractivity contribution in [3.05, 3.63) is 64.7 Å². The standard InChI is InChI=1S/C18H20N2O2/c1-12-7-8-13(2)16(9-12)11-19-18(22)15-5-4-6-17(10-15)20-14(3)21/h4-10H,11H2,1-3H3,(H,19,22)(H,20,21).